The van der Waals surface area contributed by atoms with E-state index in [0.29, 0.717) is 28.7 Å². The molecule has 5 aromatic rings. The minimum Gasteiger partial charge on any atom is -0.462 e. The van der Waals surface area contributed by atoms with Gasteiger partial charge in [0.2, 0.25) is 0 Å². The summed E-state index contributed by atoms with van der Waals surface area (Å²) in [5, 5.41) is 9.50. The summed E-state index contributed by atoms with van der Waals surface area (Å²) in [6.45, 7) is 4.93. The molecule has 0 amide bonds. The number of imidazole rings is 1. The van der Waals surface area contributed by atoms with E-state index in [1.807, 2.05) is 71.3 Å². The maximum atomic E-state index is 13.9. The third kappa shape index (κ3) is 5.82. The zero-order valence-electron chi connectivity index (χ0n) is 23.3. The third-order valence-electron chi connectivity index (χ3n) is 7.21. The Kier molecular flexibility index (Phi) is 8.40. The molecule has 0 spiro atoms. The van der Waals surface area contributed by atoms with Crippen molar-refractivity contribution in [1.82, 2.24) is 14.1 Å². The van der Waals surface area contributed by atoms with Crippen LogP contribution in [-0.2, 0) is 24.2 Å². The van der Waals surface area contributed by atoms with Gasteiger partial charge in [0.25, 0.3) is 5.56 Å². The van der Waals surface area contributed by atoms with E-state index in [1.165, 1.54) is 0 Å². The van der Waals surface area contributed by atoms with Gasteiger partial charge < -0.3 is 13.9 Å². The van der Waals surface area contributed by atoms with Crippen molar-refractivity contribution in [1.29, 1.82) is 5.26 Å². The van der Waals surface area contributed by atoms with E-state index in [4.69, 9.17) is 9.72 Å². The summed E-state index contributed by atoms with van der Waals surface area (Å²) in [7, 11) is 0. The number of hydrogen-bond donors (Lipinski definition) is 0. The Bertz CT molecular complexity index is 1790. The molecule has 0 bridgehead atoms. The molecule has 0 aliphatic carbocycles. The molecule has 0 unspecified atom stereocenters. The molecule has 0 aliphatic rings. The second kappa shape index (κ2) is 12.5. The highest BCUT2D eigenvalue weighted by molar-refractivity contribution is 5.91. The standard InChI is InChI=1S/C34H32N4O3/c1-3-5-14-31-36-30-19-20-37(23-27-11-7-9-13-29(27)34(40)41-4-2)33(39)32(30)38(31)22-24-15-17-25(18-16-24)28-12-8-6-10-26(28)21-35/h6-13,15-20H,3-5,14,22-23H2,1-2H3. The van der Waals surface area contributed by atoms with E-state index < -0.39 is 5.97 Å². The van der Waals surface area contributed by atoms with Crippen LogP contribution in [0.15, 0.2) is 89.9 Å². The molecule has 41 heavy (non-hydrogen) atoms. The van der Waals surface area contributed by atoms with Crippen LogP contribution in [0.25, 0.3) is 22.2 Å². The summed E-state index contributed by atoms with van der Waals surface area (Å²) >= 11 is 0. The maximum Gasteiger partial charge on any atom is 0.338 e. The molecule has 7 heteroatoms. The number of carbonyl (C=O) groups excluding carboxylic acids is 1. The van der Waals surface area contributed by atoms with Gasteiger partial charge in [-0.3, -0.25) is 4.79 Å². The van der Waals surface area contributed by atoms with E-state index in [9.17, 15) is 14.9 Å². The van der Waals surface area contributed by atoms with E-state index in [2.05, 4.69) is 13.0 Å². The second-order valence-electron chi connectivity index (χ2n) is 9.93. The van der Waals surface area contributed by atoms with Gasteiger partial charge in [0, 0.05) is 19.2 Å². The minimum absolute atomic E-state index is 0.157. The van der Waals surface area contributed by atoms with Crippen LogP contribution in [0.2, 0.25) is 0 Å². The predicted molar refractivity (Wildman–Crippen MR) is 160 cm³/mol. The van der Waals surface area contributed by atoms with Crippen LogP contribution in [0.5, 0.6) is 0 Å². The Hall–Kier alpha value is -4.96. The number of benzene rings is 3. The molecule has 0 atom stereocenters. The highest BCUT2D eigenvalue weighted by Gasteiger charge is 2.18. The smallest absolute Gasteiger partial charge is 0.338 e. The lowest BCUT2D eigenvalue weighted by atomic mass is 9.99. The number of ether oxygens (including phenoxy) is 1. The zero-order valence-corrected chi connectivity index (χ0v) is 23.3. The largest absolute Gasteiger partial charge is 0.462 e. The molecule has 0 N–H and O–H groups in total. The fraction of sp³-hybridized carbons (Fsp3) is 0.235. The first-order chi connectivity index (χ1) is 20.0. The van der Waals surface area contributed by atoms with Crippen LogP contribution in [0.4, 0.5) is 0 Å². The van der Waals surface area contributed by atoms with E-state index >= 15 is 0 Å². The molecule has 0 radical (unpaired) electrons. The summed E-state index contributed by atoms with van der Waals surface area (Å²) < 4.78 is 8.88. The average molecular weight is 545 g/mol. The summed E-state index contributed by atoms with van der Waals surface area (Å²) in [5.74, 6) is 0.479. The van der Waals surface area contributed by atoms with Crippen molar-refractivity contribution in [2.24, 2.45) is 0 Å². The van der Waals surface area contributed by atoms with Crippen LogP contribution < -0.4 is 5.56 Å². The van der Waals surface area contributed by atoms with Gasteiger partial charge in [0.15, 0.2) is 0 Å². The minimum atomic E-state index is -0.398. The van der Waals surface area contributed by atoms with Crippen LogP contribution >= 0.6 is 0 Å². The average Bonchev–Trinajstić information content (AvgIpc) is 3.35. The zero-order chi connectivity index (χ0) is 28.8. The lowest BCUT2D eigenvalue weighted by Gasteiger charge is -2.13. The topological polar surface area (TPSA) is 89.9 Å². The molecule has 2 heterocycles. The Morgan fingerprint density at radius 2 is 1.71 bits per heavy atom. The number of aryl methyl sites for hydroxylation is 1. The fourth-order valence-corrected chi connectivity index (χ4v) is 5.10. The van der Waals surface area contributed by atoms with Crippen LogP contribution in [0.1, 0.15) is 59.6 Å². The predicted octanol–water partition coefficient (Wildman–Crippen LogP) is 6.35. The Labute approximate surface area is 239 Å². The molecule has 2 aromatic heterocycles. The molecule has 5 rings (SSSR count). The summed E-state index contributed by atoms with van der Waals surface area (Å²) in [5.41, 5.74) is 5.75. The number of nitrogens with zero attached hydrogens (tertiary/aromatic N) is 4. The quantitative estimate of drug-likeness (QED) is 0.191. The first kappa shape index (κ1) is 27.6. The molecule has 3 aromatic carbocycles. The molecule has 0 saturated heterocycles. The second-order valence-corrected chi connectivity index (χ2v) is 9.93. The van der Waals surface area contributed by atoms with Crippen molar-refractivity contribution in [3.05, 3.63) is 123 Å². The summed E-state index contributed by atoms with van der Waals surface area (Å²) in [6.07, 6.45) is 4.50. The number of unbranched alkanes of at least 4 members (excludes halogenated alkanes) is 1. The van der Waals surface area contributed by atoms with E-state index in [1.54, 1.807) is 29.8 Å². The van der Waals surface area contributed by atoms with Gasteiger partial charge in [-0.05, 0) is 53.8 Å². The number of carbonyl (C=O) groups is 1. The lowest BCUT2D eigenvalue weighted by Crippen LogP contribution is -2.23. The number of nitriles is 1. The highest BCUT2D eigenvalue weighted by Crippen LogP contribution is 2.25. The molecule has 7 nitrogen and oxygen atoms in total. The Balaban J connectivity index is 1.52. The van der Waals surface area contributed by atoms with Gasteiger partial charge in [-0.2, -0.15) is 5.26 Å². The first-order valence-electron chi connectivity index (χ1n) is 14.0. The molecular weight excluding hydrogens is 512 g/mol. The van der Waals surface area contributed by atoms with Gasteiger partial charge in [0.1, 0.15) is 11.3 Å². The number of esters is 1. The Morgan fingerprint density at radius 3 is 2.46 bits per heavy atom. The number of hydrogen-bond acceptors (Lipinski definition) is 5. The highest BCUT2D eigenvalue weighted by atomic mass is 16.5. The van der Waals surface area contributed by atoms with Gasteiger partial charge >= 0.3 is 5.97 Å². The van der Waals surface area contributed by atoms with Crippen molar-refractivity contribution >= 4 is 17.0 Å². The SMILES string of the molecule is CCCCc1nc2ccn(Cc3ccccc3C(=O)OCC)c(=O)c2n1Cc1ccc(-c2ccccc2C#N)cc1. The van der Waals surface area contributed by atoms with Crippen molar-refractivity contribution in [3.63, 3.8) is 0 Å². The van der Waals surface area contributed by atoms with Gasteiger partial charge in [-0.15, -0.1) is 0 Å². The number of rotatable bonds is 10. The van der Waals surface area contributed by atoms with E-state index in [-0.39, 0.29) is 18.7 Å². The maximum absolute atomic E-state index is 13.9. The van der Waals surface area contributed by atoms with E-state index in [0.717, 1.165) is 47.3 Å². The number of fused-ring (bicyclic) bond motifs is 1. The van der Waals surface area contributed by atoms with Crippen molar-refractivity contribution < 1.29 is 9.53 Å². The third-order valence-corrected chi connectivity index (χ3v) is 7.21. The van der Waals surface area contributed by atoms with Crippen molar-refractivity contribution in [2.45, 2.75) is 46.2 Å². The number of pyridine rings is 1. The monoisotopic (exact) mass is 544 g/mol. The normalized spacial score (nSPS) is 11.0. The van der Waals surface area contributed by atoms with Crippen molar-refractivity contribution in [2.75, 3.05) is 6.61 Å². The molecular formula is C34H32N4O3. The molecule has 206 valence electrons. The molecule has 0 saturated carbocycles. The van der Waals surface area contributed by atoms with Gasteiger partial charge in [-0.25, -0.2) is 9.78 Å². The molecule has 0 aliphatic heterocycles. The van der Waals surface area contributed by atoms with Gasteiger partial charge in [-0.1, -0.05) is 74.0 Å². The first-order valence-corrected chi connectivity index (χ1v) is 14.0. The lowest BCUT2D eigenvalue weighted by molar-refractivity contribution is 0.0525. The van der Waals surface area contributed by atoms with Crippen LogP contribution in [0.3, 0.4) is 0 Å². The van der Waals surface area contributed by atoms with Crippen LogP contribution in [-0.4, -0.2) is 26.7 Å². The molecule has 0 fully saturated rings. The van der Waals surface area contributed by atoms with Crippen LogP contribution in [0, 0.1) is 11.3 Å². The fourth-order valence-electron chi connectivity index (χ4n) is 5.10. The van der Waals surface area contributed by atoms with Gasteiger partial charge in [0.05, 0.1) is 35.9 Å². The number of aromatic nitrogens is 3. The summed E-state index contributed by atoms with van der Waals surface area (Å²) in [4.78, 5) is 31.3. The van der Waals surface area contributed by atoms with Crippen molar-refractivity contribution in [3.8, 4) is 17.2 Å². The Morgan fingerprint density at radius 1 is 0.951 bits per heavy atom. The summed E-state index contributed by atoms with van der Waals surface area (Å²) in [6, 6.07) is 27.0.